The van der Waals surface area contributed by atoms with Gasteiger partial charge in [0.25, 0.3) is 0 Å². The number of rotatable bonds is 21. The van der Waals surface area contributed by atoms with Gasteiger partial charge in [0.15, 0.2) is 11.9 Å². The van der Waals surface area contributed by atoms with Crippen molar-refractivity contribution in [2.24, 2.45) is 38.8 Å². The second-order valence-corrected chi connectivity index (χ2v) is 9.51. The highest BCUT2D eigenvalue weighted by Gasteiger charge is 2.23. The molecule has 3 amide bonds. The van der Waals surface area contributed by atoms with Crippen LogP contribution in [0.1, 0.15) is 65.2 Å². The zero-order valence-electron chi connectivity index (χ0n) is 23.0. The maximum atomic E-state index is 12.9. The normalized spacial score (nSPS) is 13.1. The van der Waals surface area contributed by atoms with Gasteiger partial charge in [-0.05, 0) is 38.6 Å². The van der Waals surface area contributed by atoms with E-state index in [0.29, 0.717) is 51.7 Å². The number of nitrogens with zero attached hydrogens (tertiary/aromatic N) is 2. The molecule has 0 aromatic carbocycles. The fraction of sp³-hybridized carbons (Fsp3) is 0.750. The molecule has 0 aliphatic heterocycles. The van der Waals surface area contributed by atoms with Gasteiger partial charge in [0.2, 0.25) is 17.7 Å². The molecule has 0 radical (unpaired) electrons. The van der Waals surface area contributed by atoms with Crippen LogP contribution in [-0.2, 0) is 19.2 Å². The first-order chi connectivity index (χ1) is 18.0. The maximum absolute atomic E-state index is 12.9. The molecule has 3 atom stereocenters. The van der Waals surface area contributed by atoms with Gasteiger partial charge in [-0.1, -0.05) is 13.8 Å². The number of hydrogen-bond donors (Lipinski definition) is 8. The molecule has 0 saturated carbocycles. The number of hydrogen-bond acceptors (Lipinski definition) is 7. The van der Waals surface area contributed by atoms with Crippen LogP contribution in [-0.4, -0.2) is 80.7 Å². The van der Waals surface area contributed by atoms with Crippen LogP contribution in [0.15, 0.2) is 9.98 Å². The van der Waals surface area contributed by atoms with E-state index in [-0.39, 0.29) is 66.9 Å². The Kier molecular flexibility index (Phi) is 18.8. The molecule has 12 N–H and O–H groups in total. The molecular weight excluding hydrogens is 492 g/mol. The molecule has 14 nitrogen and oxygen atoms in total. The number of aldehydes is 1. The van der Waals surface area contributed by atoms with Gasteiger partial charge in [0, 0.05) is 63.4 Å². The number of nitrogens with two attached hydrogens (primary N) is 4. The van der Waals surface area contributed by atoms with E-state index in [9.17, 15) is 19.2 Å². The number of guanidine groups is 2. The Morgan fingerprint density at radius 3 is 1.82 bits per heavy atom. The van der Waals surface area contributed by atoms with E-state index in [1.807, 2.05) is 13.8 Å². The summed E-state index contributed by atoms with van der Waals surface area (Å²) in [4.78, 5) is 56.8. The molecule has 38 heavy (non-hydrogen) atoms. The molecule has 14 heteroatoms. The Labute approximate surface area is 225 Å². The number of carbonyl (C=O) groups excluding carboxylic acids is 4. The first kappa shape index (κ1) is 34.6. The van der Waals surface area contributed by atoms with E-state index in [1.54, 1.807) is 7.05 Å². The summed E-state index contributed by atoms with van der Waals surface area (Å²) in [6.45, 7) is 5.13. The lowest BCUT2D eigenvalue weighted by Crippen LogP contribution is -2.46. The predicted octanol–water partition coefficient (Wildman–Crippen LogP) is -1.82. The second kappa shape index (κ2) is 20.6. The number of nitrogens with one attached hydrogen (secondary N) is 4. The van der Waals surface area contributed by atoms with Crippen LogP contribution < -0.4 is 44.2 Å². The Morgan fingerprint density at radius 1 is 0.789 bits per heavy atom. The largest absolute Gasteiger partial charge is 0.370 e. The zero-order chi connectivity index (χ0) is 28.9. The minimum atomic E-state index is -0.483. The smallest absolute Gasteiger partial charge is 0.222 e. The molecule has 0 spiro atoms. The summed E-state index contributed by atoms with van der Waals surface area (Å²) in [6.07, 6.45) is 3.40. The van der Waals surface area contributed by atoms with Gasteiger partial charge in [0.05, 0.1) is 0 Å². The quantitative estimate of drug-likeness (QED) is 0.0353. The monoisotopic (exact) mass is 540 g/mol. The third-order valence-corrected chi connectivity index (χ3v) is 5.71. The summed E-state index contributed by atoms with van der Waals surface area (Å²) >= 11 is 0. The number of aliphatic imine (C=N–C) groups is 2. The molecule has 0 bridgehead atoms. The summed E-state index contributed by atoms with van der Waals surface area (Å²) in [5.74, 6) is -0.733. The van der Waals surface area contributed by atoms with Crippen molar-refractivity contribution in [1.29, 1.82) is 0 Å². The van der Waals surface area contributed by atoms with Crippen molar-refractivity contribution >= 4 is 35.9 Å². The lowest BCUT2D eigenvalue weighted by atomic mass is 9.99. The van der Waals surface area contributed by atoms with E-state index < -0.39 is 6.04 Å². The minimum absolute atomic E-state index is 0.0116. The molecule has 0 unspecified atom stereocenters. The van der Waals surface area contributed by atoms with Crippen LogP contribution in [0.25, 0.3) is 0 Å². The Bertz CT molecular complexity index is 780. The fourth-order valence-electron chi connectivity index (χ4n) is 3.65. The molecule has 0 aromatic rings. The van der Waals surface area contributed by atoms with Gasteiger partial charge >= 0.3 is 0 Å². The van der Waals surface area contributed by atoms with Gasteiger partial charge in [-0.25, -0.2) is 0 Å². The van der Waals surface area contributed by atoms with Crippen LogP contribution in [0.5, 0.6) is 0 Å². The predicted molar refractivity (Wildman–Crippen MR) is 149 cm³/mol. The molecule has 0 saturated heterocycles. The van der Waals surface area contributed by atoms with Crippen molar-refractivity contribution in [3.8, 4) is 0 Å². The van der Waals surface area contributed by atoms with Crippen molar-refractivity contribution in [3.63, 3.8) is 0 Å². The molecule has 0 heterocycles. The Morgan fingerprint density at radius 2 is 1.32 bits per heavy atom. The van der Waals surface area contributed by atoms with Crippen molar-refractivity contribution in [3.05, 3.63) is 0 Å². The summed E-state index contributed by atoms with van der Waals surface area (Å²) in [5, 5.41) is 11.6. The SMILES string of the molecule is CNCCC(=O)N[C@H](CC(=O)N[C@@H](CCCN=C(N)N)CC(=O)N[C@H](CC=O)CCCN=C(N)N)C(C)C. The van der Waals surface area contributed by atoms with Crippen LogP contribution in [0.3, 0.4) is 0 Å². The van der Waals surface area contributed by atoms with Gasteiger partial charge in [-0.15, -0.1) is 0 Å². The second-order valence-electron chi connectivity index (χ2n) is 9.51. The van der Waals surface area contributed by atoms with Crippen LogP contribution in [0.2, 0.25) is 0 Å². The summed E-state index contributed by atoms with van der Waals surface area (Å²) < 4.78 is 0. The van der Waals surface area contributed by atoms with Crippen LogP contribution in [0.4, 0.5) is 0 Å². The van der Waals surface area contributed by atoms with E-state index in [4.69, 9.17) is 22.9 Å². The summed E-state index contributed by atoms with van der Waals surface area (Å²) in [5.41, 5.74) is 21.4. The highest BCUT2D eigenvalue weighted by atomic mass is 16.2. The van der Waals surface area contributed by atoms with E-state index >= 15 is 0 Å². The highest BCUT2D eigenvalue weighted by Crippen LogP contribution is 2.10. The van der Waals surface area contributed by atoms with Crippen molar-refractivity contribution in [1.82, 2.24) is 21.3 Å². The molecule has 0 fully saturated rings. The van der Waals surface area contributed by atoms with E-state index in [2.05, 4.69) is 31.3 Å². The Hall–Kier alpha value is -3.42. The van der Waals surface area contributed by atoms with Gasteiger partial charge in [-0.2, -0.15) is 0 Å². The van der Waals surface area contributed by atoms with Gasteiger partial charge < -0.3 is 49.0 Å². The number of amides is 3. The van der Waals surface area contributed by atoms with Crippen LogP contribution >= 0.6 is 0 Å². The summed E-state index contributed by atoms with van der Waals surface area (Å²) in [6, 6.07) is -1.20. The first-order valence-corrected chi connectivity index (χ1v) is 13.1. The zero-order valence-corrected chi connectivity index (χ0v) is 23.0. The van der Waals surface area contributed by atoms with E-state index in [0.717, 1.165) is 6.29 Å². The van der Waals surface area contributed by atoms with Crippen molar-refractivity contribution in [2.75, 3.05) is 26.7 Å². The standard InChI is InChI=1S/C24H48N10O4/c1-16(2)19(34-20(36)8-12-29-3)15-22(38)33-18(7-5-11-31-24(27)28)14-21(37)32-17(9-13-35)6-4-10-30-23(25)26/h13,16-19,29H,4-12,14-15H2,1-3H3,(H,32,37)(H,33,38)(H,34,36)(H4,25,26,30)(H4,27,28,31)/t17-,18-,19+/m0/s1. The molecule has 0 aliphatic rings. The average molecular weight is 541 g/mol. The number of carbonyl (C=O) groups is 4. The molecule has 0 aliphatic carbocycles. The Balaban J connectivity index is 5.17. The summed E-state index contributed by atoms with van der Waals surface area (Å²) in [7, 11) is 1.76. The topological polar surface area (TPSA) is 245 Å². The fourth-order valence-corrected chi connectivity index (χ4v) is 3.65. The van der Waals surface area contributed by atoms with Gasteiger partial charge in [-0.3, -0.25) is 24.4 Å². The lowest BCUT2D eigenvalue weighted by molar-refractivity contribution is -0.125. The van der Waals surface area contributed by atoms with Crippen LogP contribution in [0, 0.1) is 5.92 Å². The van der Waals surface area contributed by atoms with E-state index in [1.165, 1.54) is 0 Å². The molecule has 218 valence electrons. The lowest BCUT2D eigenvalue weighted by Gasteiger charge is -2.25. The van der Waals surface area contributed by atoms with Crippen molar-refractivity contribution in [2.45, 2.75) is 83.3 Å². The third kappa shape index (κ3) is 18.8. The minimum Gasteiger partial charge on any atom is -0.370 e. The third-order valence-electron chi connectivity index (χ3n) is 5.71. The van der Waals surface area contributed by atoms with Crippen molar-refractivity contribution < 1.29 is 19.2 Å². The molecule has 0 aromatic heterocycles. The highest BCUT2D eigenvalue weighted by molar-refractivity contribution is 5.82. The van der Waals surface area contributed by atoms with Gasteiger partial charge in [0.1, 0.15) is 6.29 Å². The molecule has 0 rings (SSSR count). The average Bonchev–Trinajstić information content (AvgIpc) is 2.82. The first-order valence-electron chi connectivity index (χ1n) is 13.1. The molecular formula is C24H48N10O4. The maximum Gasteiger partial charge on any atom is 0.222 e.